The summed E-state index contributed by atoms with van der Waals surface area (Å²) < 4.78 is 69.9. The molecule has 2 aliphatic rings. The van der Waals surface area contributed by atoms with Crippen molar-refractivity contribution in [2.45, 2.75) is 64.4 Å². The second-order valence-electron chi connectivity index (χ2n) is 9.35. The van der Waals surface area contributed by atoms with Gasteiger partial charge in [-0.2, -0.15) is 4.39 Å². The third-order valence-electron chi connectivity index (χ3n) is 7.38. The summed E-state index contributed by atoms with van der Waals surface area (Å²) in [6, 6.07) is 5.34. The van der Waals surface area contributed by atoms with Gasteiger partial charge in [0.25, 0.3) is 0 Å². The third-order valence-corrected chi connectivity index (χ3v) is 7.38. The van der Waals surface area contributed by atoms with Gasteiger partial charge in [-0.25, -0.2) is 13.2 Å². The van der Waals surface area contributed by atoms with Gasteiger partial charge in [-0.1, -0.05) is 24.3 Å². The Labute approximate surface area is 199 Å². The van der Waals surface area contributed by atoms with Crippen molar-refractivity contribution in [1.29, 1.82) is 0 Å². The van der Waals surface area contributed by atoms with Crippen LogP contribution >= 0.6 is 0 Å². The SMILES string of the molecule is C/C=C/C1CCC(C2CCC(c3ccc(-c4ccc(OCC)c(F)c4F)c(F)c3F)CC2)CO1. The van der Waals surface area contributed by atoms with Crippen LogP contribution in [-0.2, 0) is 4.74 Å². The number of allylic oxidation sites excluding steroid dienone is 1. The molecule has 1 saturated heterocycles. The molecule has 1 saturated carbocycles. The zero-order valence-electron chi connectivity index (χ0n) is 19.8. The predicted molar refractivity (Wildman–Crippen MR) is 125 cm³/mol. The molecule has 2 unspecified atom stereocenters. The lowest BCUT2D eigenvalue weighted by atomic mass is 9.72. The van der Waals surface area contributed by atoms with Crippen molar-refractivity contribution in [2.75, 3.05) is 13.2 Å². The van der Waals surface area contributed by atoms with Crippen LogP contribution < -0.4 is 4.74 Å². The molecule has 34 heavy (non-hydrogen) atoms. The Morgan fingerprint density at radius 3 is 2.09 bits per heavy atom. The zero-order valence-corrected chi connectivity index (χ0v) is 19.8. The van der Waals surface area contributed by atoms with Gasteiger partial charge in [0.1, 0.15) is 0 Å². The molecule has 1 heterocycles. The van der Waals surface area contributed by atoms with E-state index in [1.807, 2.05) is 13.0 Å². The highest BCUT2D eigenvalue weighted by molar-refractivity contribution is 5.66. The van der Waals surface area contributed by atoms with Gasteiger partial charge in [0.05, 0.1) is 19.3 Å². The summed E-state index contributed by atoms with van der Waals surface area (Å²) in [7, 11) is 0. The Morgan fingerprint density at radius 2 is 1.47 bits per heavy atom. The molecular formula is C28H32F4O2. The minimum absolute atomic E-state index is 0.0815. The molecule has 1 aliphatic heterocycles. The lowest BCUT2D eigenvalue weighted by molar-refractivity contribution is -0.0150. The summed E-state index contributed by atoms with van der Waals surface area (Å²) in [4.78, 5) is 0. The van der Waals surface area contributed by atoms with Gasteiger partial charge in [0, 0.05) is 11.1 Å². The summed E-state index contributed by atoms with van der Waals surface area (Å²) in [5.74, 6) is -3.84. The van der Waals surface area contributed by atoms with Crippen LogP contribution in [0.25, 0.3) is 11.1 Å². The molecule has 0 radical (unpaired) electrons. The molecule has 6 heteroatoms. The standard InChI is InChI=1S/C28H32F4O2/c1-3-5-20-11-10-19(16-34-20)17-6-8-18(9-7-17)21-12-13-22(26(30)25(21)29)23-14-15-24(33-4-2)28(32)27(23)31/h3,5,12-15,17-20H,4,6-11,16H2,1-2H3/b5-3+. The van der Waals surface area contributed by atoms with E-state index in [-0.39, 0.29) is 35.5 Å². The lowest BCUT2D eigenvalue weighted by Gasteiger charge is -2.37. The van der Waals surface area contributed by atoms with Crippen molar-refractivity contribution in [3.8, 4) is 16.9 Å². The fourth-order valence-electron chi connectivity index (χ4n) is 5.53. The number of rotatable bonds is 6. The van der Waals surface area contributed by atoms with Crippen molar-refractivity contribution < 1.29 is 27.0 Å². The van der Waals surface area contributed by atoms with Crippen LogP contribution in [0.5, 0.6) is 5.75 Å². The molecule has 2 nitrogen and oxygen atoms in total. The van der Waals surface area contributed by atoms with E-state index in [0.29, 0.717) is 17.4 Å². The molecule has 0 amide bonds. The van der Waals surface area contributed by atoms with Crippen molar-refractivity contribution in [2.24, 2.45) is 11.8 Å². The van der Waals surface area contributed by atoms with E-state index < -0.39 is 23.3 Å². The molecule has 2 aromatic rings. The van der Waals surface area contributed by atoms with E-state index in [2.05, 4.69) is 6.08 Å². The van der Waals surface area contributed by atoms with Crippen molar-refractivity contribution in [3.63, 3.8) is 0 Å². The maximum absolute atomic E-state index is 15.1. The molecule has 2 aromatic carbocycles. The number of benzene rings is 2. The van der Waals surface area contributed by atoms with Gasteiger partial charge in [-0.3, -0.25) is 0 Å². The molecule has 2 fully saturated rings. The first-order chi connectivity index (χ1) is 16.4. The largest absolute Gasteiger partial charge is 0.491 e. The van der Waals surface area contributed by atoms with Crippen LogP contribution in [0.15, 0.2) is 36.4 Å². The molecule has 4 rings (SSSR count). The Bertz CT molecular complexity index is 1020. The van der Waals surface area contributed by atoms with Crippen molar-refractivity contribution >= 4 is 0 Å². The highest BCUT2D eigenvalue weighted by atomic mass is 19.2. The van der Waals surface area contributed by atoms with Gasteiger partial charge < -0.3 is 9.47 Å². The second kappa shape index (κ2) is 10.9. The van der Waals surface area contributed by atoms with Crippen molar-refractivity contribution in [3.05, 3.63) is 65.2 Å². The normalized spacial score (nSPS) is 25.6. The average molecular weight is 477 g/mol. The van der Waals surface area contributed by atoms with E-state index in [9.17, 15) is 8.78 Å². The summed E-state index contributed by atoms with van der Waals surface area (Å²) in [5, 5.41) is 0. The number of ether oxygens (including phenoxy) is 2. The minimum Gasteiger partial charge on any atom is -0.491 e. The van der Waals surface area contributed by atoms with E-state index in [4.69, 9.17) is 9.47 Å². The highest BCUT2D eigenvalue weighted by Gasteiger charge is 2.33. The molecular weight excluding hydrogens is 444 g/mol. The zero-order chi connectivity index (χ0) is 24.2. The smallest absolute Gasteiger partial charge is 0.201 e. The van der Waals surface area contributed by atoms with Gasteiger partial charge in [-0.05, 0) is 87.8 Å². The van der Waals surface area contributed by atoms with Gasteiger partial charge in [-0.15, -0.1) is 0 Å². The Hall–Kier alpha value is -2.34. The monoisotopic (exact) mass is 476 g/mol. The molecule has 0 bridgehead atoms. The molecule has 0 N–H and O–H groups in total. The number of halogens is 4. The van der Waals surface area contributed by atoms with E-state index in [1.54, 1.807) is 6.92 Å². The maximum Gasteiger partial charge on any atom is 0.201 e. The number of hydrogen-bond acceptors (Lipinski definition) is 2. The summed E-state index contributed by atoms with van der Waals surface area (Å²) in [6.45, 7) is 4.57. The fourth-order valence-corrected chi connectivity index (χ4v) is 5.53. The maximum atomic E-state index is 15.1. The van der Waals surface area contributed by atoms with E-state index >= 15 is 8.78 Å². The first-order valence-electron chi connectivity index (χ1n) is 12.3. The quantitative estimate of drug-likeness (QED) is 0.311. The minimum atomic E-state index is -1.25. The molecule has 0 spiro atoms. The van der Waals surface area contributed by atoms with E-state index in [1.165, 1.54) is 24.3 Å². The fraction of sp³-hybridized carbons (Fsp3) is 0.500. The highest BCUT2D eigenvalue weighted by Crippen LogP contribution is 2.43. The molecule has 2 atom stereocenters. The lowest BCUT2D eigenvalue weighted by Crippen LogP contribution is -2.31. The summed E-state index contributed by atoms with van der Waals surface area (Å²) in [6.07, 6.45) is 9.95. The Kier molecular flexibility index (Phi) is 7.97. The Morgan fingerprint density at radius 1 is 0.824 bits per heavy atom. The van der Waals surface area contributed by atoms with Crippen LogP contribution in [0.3, 0.4) is 0 Å². The van der Waals surface area contributed by atoms with E-state index in [0.717, 1.165) is 45.1 Å². The first kappa shape index (κ1) is 24.8. The average Bonchev–Trinajstić information content (AvgIpc) is 2.85. The topological polar surface area (TPSA) is 18.5 Å². The van der Waals surface area contributed by atoms with Crippen LogP contribution in [0.4, 0.5) is 17.6 Å². The van der Waals surface area contributed by atoms with Gasteiger partial charge in [0.15, 0.2) is 23.2 Å². The van der Waals surface area contributed by atoms with Crippen molar-refractivity contribution in [1.82, 2.24) is 0 Å². The third kappa shape index (κ3) is 5.02. The molecule has 0 aromatic heterocycles. The van der Waals surface area contributed by atoms with Crippen LogP contribution in [0.2, 0.25) is 0 Å². The molecule has 184 valence electrons. The predicted octanol–water partition coefficient (Wildman–Crippen LogP) is 7.95. The van der Waals surface area contributed by atoms with Crippen LogP contribution in [-0.4, -0.2) is 19.3 Å². The van der Waals surface area contributed by atoms with Crippen LogP contribution in [0.1, 0.15) is 63.9 Å². The van der Waals surface area contributed by atoms with Gasteiger partial charge in [0.2, 0.25) is 5.82 Å². The van der Waals surface area contributed by atoms with Crippen LogP contribution in [0, 0.1) is 35.1 Å². The summed E-state index contributed by atoms with van der Waals surface area (Å²) in [5.41, 5.74) is -0.287. The Balaban J connectivity index is 1.45. The molecule has 1 aliphatic carbocycles. The number of hydrogen-bond donors (Lipinski definition) is 0. The first-order valence-corrected chi connectivity index (χ1v) is 12.3. The second-order valence-corrected chi connectivity index (χ2v) is 9.35. The summed E-state index contributed by atoms with van der Waals surface area (Å²) >= 11 is 0. The van der Waals surface area contributed by atoms with Gasteiger partial charge >= 0.3 is 0 Å².